The van der Waals surface area contributed by atoms with Crippen LogP contribution in [0.1, 0.15) is 51.9 Å². The number of hydrogen-bond donors (Lipinski definition) is 0. The van der Waals surface area contributed by atoms with Crippen molar-refractivity contribution in [2.24, 2.45) is 11.3 Å². The second-order valence-electron chi connectivity index (χ2n) is 6.01. The first-order chi connectivity index (χ1) is 8.78. The van der Waals surface area contributed by atoms with E-state index in [0.717, 1.165) is 17.9 Å². The Balaban J connectivity index is 1.97. The highest BCUT2D eigenvalue weighted by molar-refractivity contribution is 6.09. The molecular weight excluding hydrogens is 220 g/mol. The molecule has 1 fully saturated rings. The summed E-state index contributed by atoms with van der Waals surface area (Å²) in [5, 5.41) is 0. The van der Waals surface area contributed by atoms with E-state index >= 15 is 0 Å². The van der Waals surface area contributed by atoms with Crippen LogP contribution in [-0.4, -0.2) is 5.78 Å². The van der Waals surface area contributed by atoms with Gasteiger partial charge in [-0.05, 0) is 43.3 Å². The highest BCUT2D eigenvalue weighted by Crippen LogP contribution is 2.57. The molecule has 0 aliphatic heterocycles. The number of carbonyl (C=O) groups excluding carboxylic acids is 1. The van der Waals surface area contributed by atoms with Gasteiger partial charge in [-0.15, -0.1) is 0 Å². The summed E-state index contributed by atoms with van der Waals surface area (Å²) in [6, 6.07) is 0. The summed E-state index contributed by atoms with van der Waals surface area (Å²) in [5.41, 5.74) is 2.69. The number of carbonyl (C=O) groups is 1. The van der Waals surface area contributed by atoms with Gasteiger partial charge in [0.05, 0.1) is 0 Å². The van der Waals surface area contributed by atoms with Gasteiger partial charge < -0.3 is 0 Å². The lowest BCUT2D eigenvalue weighted by Gasteiger charge is -2.44. The zero-order valence-electron chi connectivity index (χ0n) is 11.2. The Morgan fingerprint density at radius 2 is 2.28 bits per heavy atom. The van der Waals surface area contributed by atoms with E-state index in [1.807, 2.05) is 6.08 Å². The first-order valence-electron chi connectivity index (χ1n) is 7.41. The van der Waals surface area contributed by atoms with Crippen LogP contribution in [0, 0.1) is 11.3 Å². The van der Waals surface area contributed by atoms with E-state index in [4.69, 9.17) is 0 Å². The Kier molecular flexibility index (Phi) is 3.01. The molecule has 3 rings (SSSR count). The first kappa shape index (κ1) is 12.0. The highest BCUT2D eigenvalue weighted by atomic mass is 16.1. The predicted molar refractivity (Wildman–Crippen MR) is 74.2 cm³/mol. The third-order valence-electron chi connectivity index (χ3n) is 5.12. The number of ketones is 1. The van der Waals surface area contributed by atoms with Gasteiger partial charge in [0.2, 0.25) is 0 Å². The molecule has 1 nitrogen and oxygen atoms in total. The predicted octanol–water partition coefficient (Wildman–Crippen LogP) is 4.36. The number of allylic oxidation sites excluding steroid dienone is 6. The van der Waals surface area contributed by atoms with E-state index in [1.54, 1.807) is 6.08 Å². The van der Waals surface area contributed by atoms with Crippen LogP contribution in [-0.2, 0) is 4.79 Å². The molecular formula is C17H22O. The fraction of sp³-hybridized carbons (Fsp3) is 0.588. The van der Waals surface area contributed by atoms with Gasteiger partial charge in [0, 0.05) is 11.0 Å². The Hall–Kier alpha value is -1.11. The molecule has 0 radical (unpaired) electrons. The molecule has 0 amide bonds. The molecule has 0 N–H and O–H groups in total. The van der Waals surface area contributed by atoms with Crippen molar-refractivity contribution in [3.63, 3.8) is 0 Å². The average molecular weight is 242 g/mol. The number of hydrogen-bond acceptors (Lipinski definition) is 1. The van der Waals surface area contributed by atoms with E-state index < -0.39 is 0 Å². The zero-order chi connectivity index (χ0) is 12.6. The maximum atomic E-state index is 12.0. The van der Waals surface area contributed by atoms with Crippen LogP contribution in [0.2, 0.25) is 0 Å². The van der Waals surface area contributed by atoms with Gasteiger partial charge in [-0.25, -0.2) is 0 Å². The Labute approximate surface area is 110 Å². The monoisotopic (exact) mass is 242 g/mol. The molecule has 3 aliphatic carbocycles. The lowest BCUT2D eigenvalue weighted by Crippen LogP contribution is -2.34. The molecule has 0 saturated heterocycles. The average Bonchev–Trinajstić information content (AvgIpc) is 2.74. The molecule has 0 aromatic carbocycles. The van der Waals surface area contributed by atoms with Crippen molar-refractivity contribution in [1.82, 2.24) is 0 Å². The molecule has 1 spiro atoms. The molecule has 18 heavy (non-hydrogen) atoms. The maximum absolute atomic E-state index is 12.0. The highest BCUT2D eigenvalue weighted by Gasteiger charge is 2.47. The standard InChI is InChI=1S/C17H22O/c1-2-6-13-7-3-4-11-17(13)12-10-14-15(17)8-5-9-16(14)18/h5,8-10,13H,2-4,6-7,11-12H2,1H3. The largest absolute Gasteiger partial charge is 0.289 e. The third-order valence-corrected chi connectivity index (χ3v) is 5.12. The molecule has 1 heteroatoms. The van der Waals surface area contributed by atoms with Crippen LogP contribution >= 0.6 is 0 Å². The Bertz CT molecular complexity index is 450. The lowest BCUT2D eigenvalue weighted by atomic mass is 9.60. The molecule has 0 bridgehead atoms. The topological polar surface area (TPSA) is 17.1 Å². The van der Waals surface area contributed by atoms with Crippen molar-refractivity contribution >= 4 is 5.78 Å². The first-order valence-corrected chi connectivity index (χ1v) is 7.41. The van der Waals surface area contributed by atoms with Crippen LogP contribution < -0.4 is 0 Å². The van der Waals surface area contributed by atoms with Crippen molar-refractivity contribution in [3.05, 3.63) is 35.5 Å². The molecule has 2 unspecified atom stereocenters. The minimum absolute atomic E-state index is 0.227. The maximum Gasteiger partial charge on any atom is 0.185 e. The van der Waals surface area contributed by atoms with Gasteiger partial charge in [0.15, 0.2) is 5.78 Å². The van der Waals surface area contributed by atoms with Crippen molar-refractivity contribution in [1.29, 1.82) is 0 Å². The smallest absolute Gasteiger partial charge is 0.185 e. The van der Waals surface area contributed by atoms with Gasteiger partial charge in [-0.3, -0.25) is 4.79 Å². The van der Waals surface area contributed by atoms with E-state index in [9.17, 15) is 4.79 Å². The van der Waals surface area contributed by atoms with Crippen LogP contribution in [0.4, 0.5) is 0 Å². The molecule has 0 aromatic rings. The second kappa shape index (κ2) is 4.53. The third kappa shape index (κ3) is 1.64. The van der Waals surface area contributed by atoms with Crippen molar-refractivity contribution in [3.8, 4) is 0 Å². The van der Waals surface area contributed by atoms with Gasteiger partial charge in [0.25, 0.3) is 0 Å². The minimum atomic E-state index is 0.227. The lowest BCUT2D eigenvalue weighted by molar-refractivity contribution is -0.111. The summed E-state index contributed by atoms with van der Waals surface area (Å²) in [5.74, 6) is 1.01. The molecule has 3 aliphatic rings. The zero-order valence-corrected chi connectivity index (χ0v) is 11.2. The second-order valence-corrected chi connectivity index (χ2v) is 6.01. The normalized spacial score (nSPS) is 34.5. The van der Waals surface area contributed by atoms with Crippen molar-refractivity contribution in [2.75, 3.05) is 0 Å². The van der Waals surface area contributed by atoms with E-state index in [1.165, 1.54) is 44.1 Å². The molecule has 0 aromatic heterocycles. The van der Waals surface area contributed by atoms with Crippen LogP contribution in [0.25, 0.3) is 0 Å². The number of rotatable bonds is 2. The van der Waals surface area contributed by atoms with Crippen LogP contribution in [0.3, 0.4) is 0 Å². The van der Waals surface area contributed by atoms with Crippen LogP contribution in [0.5, 0.6) is 0 Å². The summed E-state index contributed by atoms with van der Waals surface area (Å²) in [7, 11) is 0. The number of fused-ring (bicyclic) bond motifs is 2. The summed E-state index contributed by atoms with van der Waals surface area (Å²) in [6.07, 6.45) is 17.1. The molecule has 1 saturated carbocycles. The fourth-order valence-electron chi connectivity index (χ4n) is 4.29. The van der Waals surface area contributed by atoms with Gasteiger partial charge in [-0.2, -0.15) is 0 Å². The Morgan fingerprint density at radius 1 is 1.39 bits per heavy atom. The van der Waals surface area contributed by atoms with Crippen molar-refractivity contribution < 1.29 is 4.79 Å². The summed E-state index contributed by atoms with van der Waals surface area (Å²) < 4.78 is 0. The SMILES string of the molecule is CCCC1CCCCC12CC=C1C(=O)C=CC=C12. The molecule has 96 valence electrons. The minimum Gasteiger partial charge on any atom is -0.289 e. The van der Waals surface area contributed by atoms with Gasteiger partial charge in [0.1, 0.15) is 0 Å². The summed E-state index contributed by atoms with van der Waals surface area (Å²) in [6.45, 7) is 2.28. The van der Waals surface area contributed by atoms with Crippen LogP contribution in [0.15, 0.2) is 35.5 Å². The van der Waals surface area contributed by atoms with Gasteiger partial charge in [-0.1, -0.05) is 44.4 Å². The summed E-state index contributed by atoms with van der Waals surface area (Å²) in [4.78, 5) is 12.0. The van der Waals surface area contributed by atoms with E-state index in [-0.39, 0.29) is 5.78 Å². The van der Waals surface area contributed by atoms with Crippen molar-refractivity contribution in [2.45, 2.75) is 51.9 Å². The van der Waals surface area contributed by atoms with Gasteiger partial charge >= 0.3 is 0 Å². The molecule has 2 atom stereocenters. The van der Waals surface area contributed by atoms with E-state index in [2.05, 4.69) is 19.1 Å². The fourth-order valence-corrected chi connectivity index (χ4v) is 4.29. The van der Waals surface area contributed by atoms with E-state index in [0.29, 0.717) is 5.41 Å². The Morgan fingerprint density at radius 3 is 3.11 bits per heavy atom. The summed E-state index contributed by atoms with van der Waals surface area (Å²) >= 11 is 0. The quantitative estimate of drug-likeness (QED) is 0.703. The molecule has 0 heterocycles.